The molecule has 1 aliphatic rings. The molecule has 1 unspecified atom stereocenters. The Balaban J connectivity index is 1.51. The molecule has 0 spiro atoms. The largest absolute Gasteiger partial charge is 0.296 e. The first-order valence-corrected chi connectivity index (χ1v) is 13.4. The van der Waals surface area contributed by atoms with Gasteiger partial charge in [-0.3, -0.25) is 19.3 Å². The van der Waals surface area contributed by atoms with Crippen LogP contribution in [0.15, 0.2) is 83.9 Å². The van der Waals surface area contributed by atoms with Crippen LogP contribution in [0.25, 0.3) is 10.9 Å². The van der Waals surface area contributed by atoms with E-state index < -0.39 is 33.8 Å². The lowest BCUT2D eigenvalue weighted by molar-refractivity contribution is -0.319. The summed E-state index contributed by atoms with van der Waals surface area (Å²) >= 11 is 0. The van der Waals surface area contributed by atoms with Crippen molar-refractivity contribution in [3.8, 4) is 0 Å². The number of amides is 3. The maximum Gasteiger partial charge on any atom is 0.296 e. The van der Waals surface area contributed by atoms with Gasteiger partial charge < -0.3 is 0 Å². The summed E-state index contributed by atoms with van der Waals surface area (Å²) in [6.45, 7) is 1.88. The highest BCUT2D eigenvalue weighted by Crippen LogP contribution is 2.29. The average molecular weight is 548 g/mol. The van der Waals surface area contributed by atoms with Crippen molar-refractivity contribution in [1.82, 2.24) is 14.1 Å². The van der Waals surface area contributed by atoms with E-state index in [1.165, 1.54) is 36.5 Å². The minimum atomic E-state index is -3.84. The second-order valence-corrected chi connectivity index (χ2v) is 10.8. The number of hydrogen-bond acceptors (Lipinski definition) is 7. The Kier molecular flexibility index (Phi) is 6.81. The maximum absolute atomic E-state index is 13.4. The Morgan fingerprint density at radius 2 is 1.51 bits per heavy atom. The van der Waals surface area contributed by atoms with E-state index >= 15 is 0 Å². The van der Waals surface area contributed by atoms with E-state index in [4.69, 9.17) is 9.68 Å². The zero-order valence-electron chi connectivity index (χ0n) is 21.4. The number of carbonyl (C=O) groups is 3. The smallest absolute Gasteiger partial charge is 0.269 e. The molecule has 0 radical (unpaired) electrons. The molecule has 200 valence electrons. The predicted molar refractivity (Wildman–Crippen MR) is 141 cm³/mol. The Labute approximate surface area is 224 Å². The average Bonchev–Trinajstić information content (AvgIpc) is 3.47. The number of aromatic nitrogens is 1. The Bertz CT molecular complexity index is 1670. The summed E-state index contributed by atoms with van der Waals surface area (Å²) in [5.41, 5.74) is 2.39. The Morgan fingerprint density at radius 3 is 2.10 bits per heavy atom. The molecule has 3 aromatic carbocycles. The molecule has 0 aliphatic carbocycles. The molecule has 3 amide bonds. The van der Waals surface area contributed by atoms with Crippen molar-refractivity contribution in [2.24, 2.45) is 0 Å². The minimum Gasteiger partial charge on any atom is -0.269 e. The zero-order valence-corrected chi connectivity index (χ0v) is 22.2. The molecule has 0 bridgehead atoms. The van der Waals surface area contributed by atoms with Gasteiger partial charge >= 0.3 is 0 Å². The highest BCUT2D eigenvalue weighted by atomic mass is 32.2. The number of carbonyl (C=O) groups excluding carboxylic acids is 3. The van der Waals surface area contributed by atoms with E-state index in [0.29, 0.717) is 21.7 Å². The summed E-state index contributed by atoms with van der Waals surface area (Å²) in [6.07, 6.45) is 1.41. The van der Waals surface area contributed by atoms with Gasteiger partial charge in [-0.25, -0.2) is 22.1 Å². The topological polar surface area (TPSA) is 115 Å². The van der Waals surface area contributed by atoms with E-state index in [0.717, 1.165) is 10.5 Å². The van der Waals surface area contributed by atoms with E-state index in [9.17, 15) is 22.8 Å². The van der Waals surface area contributed by atoms with Crippen LogP contribution in [-0.2, 0) is 30.9 Å². The fourth-order valence-corrected chi connectivity index (χ4v) is 6.06. The van der Waals surface area contributed by atoms with Crippen molar-refractivity contribution >= 4 is 38.6 Å². The molecule has 0 N–H and O–H groups in total. The molecule has 11 heteroatoms. The molecule has 0 saturated carbocycles. The van der Waals surface area contributed by atoms with Gasteiger partial charge in [0.25, 0.3) is 27.7 Å². The van der Waals surface area contributed by atoms with Gasteiger partial charge in [-0.05, 0) is 55.0 Å². The molecular weight excluding hydrogens is 522 g/mol. The molecule has 4 aromatic rings. The van der Waals surface area contributed by atoms with Crippen LogP contribution in [0.4, 0.5) is 0 Å². The normalized spacial score (nSPS) is 14.1. The third kappa shape index (κ3) is 4.50. The zero-order chi connectivity index (χ0) is 27.9. The molecule has 5 rings (SSSR count). The van der Waals surface area contributed by atoms with Crippen LogP contribution >= 0.6 is 0 Å². The van der Waals surface area contributed by atoms with Gasteiger partial charge in [0.2, 0.25) is 0 Å². The lowest BCUT2D eigenvalue weighted by atomic mass is 10.0. The van der Waals surface area contributed by atoms with Crippen molar-refractivity contribution < 1.29 is 32.5 Å². The first-order chi connectivity index (χ1) is 18.7. The molecule has 0 fully saturated rings. The van der Waals surface area contributed by atoms with Gasteiger partial charge in [-0.2, -0.15) is 0 Å². The van der Waals surface area contributed by atoms with Gasteiger partial charge in [-0.1, -0.05) is 41.1 Å². The molecule has 1 aliphatic heterocycles. The second kappa shape index (κ2) is 10.1. The van der Waals surface area contributed by atoms with Crippen molar-refractivity contribution in [3.05, 3.63) is 101 Å². The highest BCUT2D eigenvalue weighted by molar-refractivity contribution is 7.90. The standard InChI is InChI=1S/C28H25N3O7S/c1-18-8-11-21(12-9-18)39(35,36)29-15-14-20-16-19(10-13-24(20)29)17-25(28(34)31(37-2)38-3)30-26(32)22-6-4-5-7-23(22)27(30)33/h4-16,25H,17H2,1-3H3. The number of imide groups is 1. The summed E-state index contributed by atoms with van der Waals surface area (Å²) in [6, 6.07) is 18.3. The van der Waals surface area contributed by atoms with Crippen LogP contribution in [0.5, 0.6) is 0 Å². The van der Waals surface area contributed by atoms with Gasteiger partial charge in [0, 0.05) is 18.0 Å². The summed E-state index contributed by atoms with van der Waals surface area (Å²) in [4.78, 5) is 50.8. The molecule has 1 atom stereocenters. The van der Waals surface area contributed by atoms with Crippen LogP contribution in [-0.4, -0.2) is 60.5 Å². The van der Waals surface area contributed by atoms with Crippen molar-refractivity contribution in [2.75, 3.05) is 14.2 Å². The van der Waals surface area contributed by atoms with Crippen LogP contribution in [0.2, 0.25) is 0 Å². The molecule has 0 saturated heterocycles. The maximum atomic E-state index is 13.4. The minimum absolute atomic E-state index is 0.0562. The fourth-order valence-electron chi connectivity index (χ4n) is 4.71. The monoisotopic (exact) mass is 547 g/mol. The van der Waals surface area contributed by atoms with Gasteiger partial charge in [-0.15, -0.1) is 0 Å². The summed E-state index contributed by atoms with van der Waals surface area (Å²) in [7, 11) is -1.39. The lowest BCUT2D eigenvalue weighted by Crippen LogP contribution is -2.51. The number of aryl methyl sites for hydroxylation is 1. The van der Waals surface area contributed by atoms with Gasteiger partial charge in [0.1, 0.15) is 6.04 Å². The molecule has 1 aromatic heterocycles. The molecule has 10 nitrogen and oxygen atoms in total. The van der Waals surface area contributed by atoms with Crippen molar-refractivity contribution in [1.29, 1.82) is 0 Å². The van der Waals surface area contributed by atoms with Gasteiger partial charge in [0.05, 0.1) is 35.8 Å². The third-order valence-electron chi connectivity index (χ3n) is 6.66. The predicted octanol–water partition coefficient (Wildman–Crippen LogP) is 3.35. The van der Waals surface area contributed by atoms with Crippen molar-refractivity contribution in [3.63, 3.8) is 0 Å². The van der Waals surface area contributed by atoms with Gasteiger partial charge in [0.15, 0.2) is 0 Å². The van der Waals surface area contributed by atoms with E-state index in [1.54, 1.807) is 60.7 Å². The number of rotatable bonds is 8. The molecular formula is C28H25N3O7S. The van der Waals surface area contributed by atoms with E-state index in [1.807, 2.05) is 6.92 Å². The number of hydrogen-bond donors (Lipinski definition) is 0. The molecule has 2 heterocycles. The fraction of sp³-hybridized carbons (Fsp3) is 0.179. The van der Waals surface area contributed by atoms with Crippen molar-refractivity contribution in [2.45, 2.75) is 24.3 Å². The third-order valence-corrected chi connectivity index (χ3v) is 8.36. The Morgan fingerprint density at radius 1 is 0.897 bits per heavy atom. The number of hydroxylamine groups is 2. The number of nitrogens with zero attached hydrogens (tertiary/aromatic N) is 3. The second-order valence-electron chi connectivity index (χ2n) is 9.03. The van der Waals surface area contributed by atoms with Crippen LogP contribution in [0.3, 0.4) is 0 Å². The Hall–Kier alpha value is -4.32. The summed E-state index contributed by atoms with van der Waals surface area (Å²) < 4.78 is 27.7. The lowest BCUT2D eigenvalue weighted by Gasteiger charge is -2.28. The number of fused-ring (bicyclic) bond motifs is 2. The summed E-state index contributed by atoms with van der Waals surface area (Å²) in [5, 5.41) is 1.21. The van der Waals surface area contributed by atoms with E-state index in [2.05, 4.69) is 0 Å². The first-order valence-electron chi connectivity index (χ1n) is 12.0. The SMILES string of the molecule is CON(OC)C(=O)C(Cc1ccc2c(ccn2S(=O)(=O)c2ccc(C)cc2)c1)N1C(=O)c2ccccc2C1=O. The number of benzene rings is 3. The van der Waals surface area contributed by atoms with E-state index in [-0.39, 0.29) is 22.4 Å². The first kappa shape index (κ1) is 26.3. The molecule has 39 heavy (non-hydrogen) atoms. The van der Waals surface area contributed by atoms with Crippen LogP contribution in [0, 0.1) is 6.92 Å². The highest BCUT2D eigenvalue weighted by Gasteiger charge is 2.44. The van der Waals surface area contributed by atoms with Crippen LogP contribution < -0.4 is 0 Å². The quantitative estimate of drug-likeness (QED) is 0.245. The summed E-state index contributed by atoms with van der Waals surface area (Å²) in [5.74, 6) is -1.95. The van der Waals surface area contributed by atoms with Crippen LogP contribution in [0.1, 0.15) is 31.8 Å².